The van der Waals surface area contributed by atoms with Crippen LogP contribution in [0.25, 0.3) is 0 Å². The van der Waals surface area contributed by atoms with E-state index in [1.807, 2.05) is 19.1 Å². The fourth-order valence-electron chi connectivity index (χ4n) is 5.13. The van der Waals surface area contributed by atoms with Crippen molar-refractivity contribution in [2.75, 3.05) is 12.4 Å². The van der Waals surface area contributed by atoms with Crippen molar-refractivity contribution in [2.45, 2.75) is 89.0 Å². The molecular formula is C31H42O8SSi. The Balaban J connectivity index is 2.02. The molecule has 0 aromatic heterocycles. The van der Waals surface area contributed by atoms with Crippen LogP contribution in [0.2, 0.25) is 17.6 Å². The average molecular weight is 603 g/mol. The molecule has 1 saturated heterocycles. The largest absolute Gasteiger partial charge is 0.459 e. The summed E-state index contributed by atoms with van der Waals surface area (Å²) in [6.07, 6.45) is -3.50. The van der Waals surface area contributed by atoms with Gasteiger partial charge in [0, 0.05) is 6.92 Å². The van der Waals surface area contributed by atoms with Gasteiger partial charge in [-0.2, -0.15) is 0 Å². The predicted octanol–water partition coefficient (Wildman–Crippen LogP) is 6.26. The number of esters is 3. The minimum Gasteiger partial charge on any atom is -0.459 e. The minimum atomic E-state index is -2.41. The van der Waals surface area contributed by atoms with Crippen LogP contribution >= 0.6 is 11.8 Å². The normalized spacial score (nSPS) is 22.7. The van der Waals surface area contributed by atoms with Crippen LogP contribution in [0.4, 0.5) is 0 Å². The summed E-state index contributed by atoms with van der Waals surface area (Å²) in [5.74, 6) is -0.903. The van der Waals surface area contributed by atoms with Gasteiger partial charge in [0.2, 0.25) is 0 Å². The summed E-state index contributed by atoms with van der Waals surface area (Å²) in [7, 11) is -2.41. The highest BCUT2D eigenvalue weighted by atomic mass is 32.2. The maximum absolute atomic E-state index is 13.3. The zero-order valence-electron chi connectivity index (χ0n) is 24.7. The Labute approximate surface area is 248 Å². The van der Waals surface area contributed by atoms with E-state index >= 15 is 0 Å². The molecule has 0 amide bonds. The Morgan fingerprint density at radius 1 is 0.829 bits per heavy atom. The summed E-state index contributed by atoms with van der Waals surface area (Å²) in [6, 6.07) is 19.0. The van der Waals surface area contributed by atoms with E-state index in [9.17, 15) is 14.4 Å². The lowest BCUT2D eigenvalue weighted by Gasteiger charge is -2.48. The third-order valence-corrected chi connectivity index (χ3v) is 13.8. The Kier molecular flexibility index (Phi) is 12.4. The summed E-state index contributed by atoms with van der Waals surface area (Å²) >= 11 is 1.46. The van der Waals surface area contributed by atoms with Crippen LogP contribution in [0.15, 0.2) is 60.7 Å². The quantitative estimate of drug-likeness (QED) is 0.149. The van der Waals surface area contributed by atoms with Crippen LogP contribution in [0.1, 0.15) is 62.3 Å². The molecule has 41 heavy (non-hydrogen) atoms. The third kappa shape index (κ3) is 8.44. The van der Waals surface area contributed by atoms with Gasteiger partial charge in [0.25, 0.3) is 0 Å². The molecule has 0 unspecified atom stereocenters. The second-order valence-corrected chi connectivity index (χ2v) is 16.6. The molecule has 8 nitrogen and oxygen atoms in total. The van der Waals surface area contributed by atoms with E-state index in [4.69, 9.17) is 23.4 Å². The van der Waals surface area contributed by atoms with Crippen LogP contribution in [0.5, 0.6) is 0 Å². The van der Waals surface area contributed by atoms with E-state index in [0.717, 1.165) is 12.1 Å². The molecule has 2 aromatic rings. The second kappa shape index (κ2) is 15.5. The molecule has 224 valence electrons. The van der Waals surface area contributed by atoms with Crippen molar-refractivity contribution < 1.29 is 37.8 Å². The van der Waals surface area contributed by atoms with E-state index in [2.05, 4.69) is 27.7 Å². The van der Waals surface area contributed by atoms with Gasteiger partial charge in [-0.25, -0.2) is 9.59 Å². The summed E-state index contributed by atoms with van der Waals surface area (Å²) in [6.45, 7) is 11.6. The summed E-state index contributed by atoms with van der Waals surface area (Å²) < 4.78 is 31.1. The number of hydrogen-bond donors (Lipinski definition) is 0. The number of benzene rings is 2. The molecule has 0 N–H and O–H groups in total. The molecule has 0 spiro atoms. The molecule has 0 aliphatic carbocycles. The zero-order valence-corrected chi connectivity index (χ0v) is 26.6. The van der Waals surface area contributed by atoms with E-state index < -0.39 is 56.1 Å². The number of thioether (sulfide) groups is 1. The smallest absolute Gasteiger partial charge is 0.338 e. The van der Waals surface area contributed by atoms with Gasteiger partial charge < -0.3 is 23.4 Å². The lowest BCUT2D eigenvalue weighted by Crippen LogP contribution is -2.64. The number of ether oxygens (including phenoxy) is 4. The molecular weight excluding hydrogens is 560 g/mol. The standard InChI is InChI=1S/C31H42O8SSi/c1-7-40-31-28(38-30(34)24-18-14-11-15-19-24)27(39-41(8-2,9-3)21(4)5)26(36-22(6)32)25(37-31)20-35-29(33)23-16-12-10-13-17-23/h10-19,21,25-28,31H,7-9,20H2,1-6H3/t25-,26+,27+,28-,31+/m1/s1. The Morgan fingerprint density at radius 2 is 1.39 bits per heavy atom. The molecule has 0 bridgehead atoms. The van der Waals surface area contributed by atoms with Gasteiger partial charge >= 0.3 is 17.9 Å². The van der Waals surface area contributed by atoms with Crippen LogP contribution < -0.4 is 0 Å². The van der Waals surface area contributed by atoms with Gasteiger partial charge in [-0.05, 0) is 47.6 Å². The van der Waals surface area contributed by atoms with Gasteiger partial charge in [0.05, 0.1) is 11.1 Å². The fourth-order valence-corrected chi connectivity index (χ4v) is 9.62. The van der Waals surface area contributed by atoms with Crippen LogP contribution in [0, 0.1) is 0 Å². The van der Waals surface area contributed by atoms with Gasteiger partial charge in [0.1, 0.15) is 24.3 Å². The fraction of sp³-hybridized carbons (Fsp3) is 0.516. The number of carbonyl (C=O) groups is 3. The molecule has 2 aromatic carbocycles. The maximum atomic E-state index is 13.3. The van der Waals surface area contributed by atoms with E-state index in [-0.39, 0.29) is 12.1 Å². The van der Waals surface area contributed by atoms with E-state index in [1.165, 1.54) is 18.7 Å². The average Bonchev–Trinajstić information content (AvgIpc) is 2.97. The van der Waals surface area contributed by atoms with Crippen molar-refractivity contribution in [2.24, 2.45) is 0 Å². The Hall–Kier alpha value is -2.66. The maximum Gasteiger partial charge on any atom is 0.338 e. The highest BCUT2D eigenvalue weighted by molar-refractivity contribution is 7.99. The van der Waals surface area contributed by atoms with Crippen molar-refractivity contribution in [1.29, 1.82) is 0 Å². The van der Waals surface area contributed by atoms with Gasteiger partial charge in [-0.15, -0.1) is 11.8 Å². The van der Waals surface area contributed by atoms with Crippen molar-refractivity contribution in [3.8, 4) is 0 Å². The summed E-state index contributed by atoms with van der Waals surface area (Å²) in [5.41, 5.74) is 0.401. The second-order valence-electron chi connectivity index (χ2n) is 10.3. The molecule has 1 fully saturated rings. The van der Waals surface area contributed by atoms with Crippen molar-refractivity contribution in [3.63, 3.8) is 0 Å². The minimum absolute atomic E-state index is 0.167. The highest BCUT2D eigenvalue weighted by Gasteiger charge is 2.54. The highest BCUT2D eigenvalue weighted by Crippen LogP contribution is 2.39. The van der Waals surface area contributed by atoms with Crippen LogP contribution in [0.3, 0.4) is 0 Å². The van der Waals surface area contributed by atoms with Crippen LogP contribution in [-0.2, 0) is 28.2 Å². The van der Waals surface area contributed by atoms with Crippen molar-refractivity contribution >= 4 is 38.0 Å². The zero-order chi connectivity index (χ0) is 30.0. The predicted molar refractivity (Wildman–Crippen MR) is 161 cm³/mol. The topological polar surface area (TPSA) is 97.4 Å². The van der Waals surface area contributed by atoms with Crippen LogP contribution in [-0.4, -0.2) is 68.4 Å². The third-order valence-electron chi connectivity index (χ3n) is 7.48. The van der Waals surface area contributed by atoms with Gasteiger partial charge in [-0.3, -0.25) is 4.79 Å². The molecule has 1 heterocycles. The van der Waals surface area contributed by atoms with Gasteiger partial charge in [-0.1, -0.05) is 71.0 Å². The molecule has 0 saturated carbocycles. The molecule has 10 heteroatoms. The Morgan fingerprint density at radius 3 is 1.88 bits per heavy atom. The lowest BCUT2D eigenvalue weighted by atomic mass is 9.99. The number of hydrogen-bond acceptors (Lipinski definition) is 9. The number of rotatable bonds is 13. The first-order valence-electron chi connectivity index (χ1n) is 14.3. The SMILES string of the molecule is CCS[C@@H]1O[C@H](COC(=O)c2ccccc2)[C@H](OC(C)=O)[C@H](O[Si](CC)(CC)C(C)C)[C@H]1OC(=O)c1ccccc1. The van der Waals surface area contributed by atoms with E-state index in [0.29, 0.717) is 16.9 Å². The molecule has 1 aliphatic heterocycles. The molecule has 1 aliphatic rings. The van der Waals surface area contributed by atoms with E-state index in [1.54, 1.807) is 48.5 Å². The molecule has 3 rings (SSSR count). The molecule has 5 atom stereocenters. The first-order valence-corrected chi connectivity index (χ1v) is 17.7. The lowest BCUT2D eigenvalue weighted by molar-refractivity contribution is -0.216. The van der Waals surface area contributed by atoms with Crippen molar-refractivity contribution in [3.05, 3.63) is 71.8 Å². The monoisotopic (exact) mass is 602 g/mol. The van der Waals surface area contributed by atoms with Gasteiger partial charge in [0.15, 0.2) is 20.5 Å². The number of carbonyl (C=O) groups excluding carboxylic acids is 3. The molecule has 0 radical (unpaired) electrons. The first kappa shape index (κ1) is 32.8. The summed E-state index contributed by atoms with van der Waals surface area (Å²) in [4.78, 5) is 38.5. The van der Waals surface area contributed by atoms with Crippen molar-refractivity contribution in [1.82, 2.24) is 0 Å². The summed E-state index contributed by atoms with van der Waals surface area (Å²) in [5, 5.41) is 0. The first-order chi connectivity index (χ1) is 19.7. The Bertz CT molecular complexity index is 1130.